The van der Waals surface area contributed by atoms with Crippen molar-refractivity contribution >= 4 is 73.5 Å². The zero-order chi connectivity index (χ0) is 23.2. The zero-order valence-corrected chi connectivity index (χ0v) is 24.1. The summed E-state index contributed by atoms with van der Waals surface area (Å²) in [6, 6.07) is 8.36. The number of carboxylic acid groups (broad SMARTS) is 1. The van der Waals surface area contributed by atoms with Gasteiger partial charge in [0.15, 0.2) is 0 Å². The summed E-state index contributed by atoms with van der Waals surface area (Å²) in [6.45, 7) is 5.42. The smallest absolute Gasteiger partial charge is 0.326 e. The molecule has 6 N–H and O–H groups in total. The molecule has 4 atom stereocenters. The van der Waals surface area contributed by atoms with E-state index < -0.39 is 18.1 Å². The number of aliphatic carboxylic acids is 1. The zero-order valence-electron chi connectivity index (χ0n) is 19.9. The Labute approximate surface area is 232 Å². The third kappa shape index (κ3) is 15.6. The molecule has 0 aromatic heterocycles. The van der Waals surface area contributed by atoms with E-state index in [-0.39, 0.29) is 55.2 Å². The molecule has 200 valence electrons. The molecule has 0 unspecified atom stereocenters. The van der Waals surface area contributed by atoms with E-state index in [4.69, 9.17) is 5.73 Å². The van der Waals surface area contributed by atoms with E-state index >= 15 is 0 Å². The summed E-state index contributed by atoms with van der Waals surface area (Å²) in [5.41, 5.74) is 6.98. The quantitative estimate of drug-likeness (QED) is 0.167. The van der Waals surface area contributed by atoms with E-state index in [9.17, 15) is 14.7 Å². The fraction of sp³-hybridized carbons (Fsp3) is 0.636. The van der Waals surface area contributed by atoms with E-state index in [2.05, 4.69) is 42.4 Å². The largest absolute Gasteiger partial charge is 0.480 e. The lowest BCUT2D eigenvalue weighted by molar-refractivity contribution is -0.142. The van der Waals surface area contributed by atoms with Crippen molar-refractivity contribution in [3.8, 4) is 0 Å². The first-order valence-corrected chi connectivity index (χ1v) is 12.7. The number of benzene rings is 1. The van der Waals surface area contributed by atoms with Gasteiger partial charge in [0.05, 0.1) is 6.04 Å². The summed E-state index contributed by atoms with van der Waals surface area (Å²) in [5.74, 6) is 0.277. The van der Waals surface area contributed by atoms with Gasteiger partial charge < -0.3 is 26.8 Å². The second kappa shape index (κ2) is 21.9. The van der Waals surface area contributed by atoms with Crippen LogP contribution in [0.15, 0.2) is 30.3 Å². The van der Waals surface area contributed by atoms with Crippen LogP contribution < -0.4 is 21.7 Å². The van der Waals surface area contributed by atoms with Crippen molar-refractivity contribution in [2.24, 2.45) is 11.7 Å². The highest BCUT2D eigenvalue weighted by Crippen LogP contribution is 2.08. The van der Waals surface area contributed by atoms with Gasteiger partial charge in [-0.2, -0.15) is 24.4 Å². The molecule has 1 aromatic rings. The van der Waals surface area contributed by atoms with Gasteiger partial charge in [-0.15, -0.1) is 37.2 Å². The number of thioether (sulfide) groups is 1. The van der Waals surface area contributed by atoms with Crippen molar-refractivity contribution in [1.82, 2.24) is 16.0 Å². The topological polar surface area (TPSA) is 116 Å². The molecule has 0 radical (unpaired) electrons. The summed E-state index contributed by atoms with van der Waals surface area (Å²) in [5, 5.41) is 19.0. The molecular weight excluding hydrogens is 539 g/mol. The molecule has 1 aromatic carbocycles. The van der Waals surface area contributed by atoms with Crippen molar-refractivity contribution in [3.05, 3.63) is 35.9 Å². The van der Waals surface area contributed by atoms with E-state index in [1.54, 1.807) is 11.8 Å². The minimum atomic E-state index is -1.01. The number of nitrogens with two attached hydrogens (primary N) is 1. The highest BCUT2D eigenvalue weighted by Gasteiger charge is 2.26. The monoisotopic (exact) mass is 578 g/mol. The van der Waals surface area contributed by atoms with Crippen LogP contribution in [-0.2, 0) is 16.0 Å². The molecule has 0 fully saturated rings. The first-order valence-electron chi connectivity index (χ1n) is 10.7. The van der Waals surface area contributed by atoms with Crippen LogP contribution >= 0.6 is 61.6 Å². The predicted molar refractivity (Wildman–Crippen MR) is 155 cm³/mol. The Bertz CT molecular complexity index is 664. The summed E-state index contributed by atoms with van der Waals surface area (Å²) in [6.07, 6.45) is 2.78. The molecule has 34 heavy (non-hydrogen) atoms. The lowest BCUT2D eigenvalue weighted by atomic mass is 10.0. The van der Waals surface area contributed by atoms with Crippen molar-refractivity contribution in [2.75, 3.05) is 30.9 Å². The highest BCUT2D eigenvalue weighted by atomic mass is 35.5. The van der Waals surface area contributed by atoms with Crippen LogP contribution in [0.25, 0.3) is 0 Å². The highest BCUT2D eigenvalue weighted by molar-refractivity contribution is 7.98. The minimum absolute atomic E-state index is 0. The summed E-state index contributed by atoms with van der Waals surface area (Å²) < 4.78 is 0. The number of carboxylic acids is 1. The van der Waals surface area contributed by atoms with E-state index in [0.717, 1.165) is 5.56 Å². The number of amides is 1. The lowest BCUT2D eigenvalue weighted by Crippen LogP contribution is -2.55. The number of nitrogens with one attached hydrogen (secondary N) is 3. The number of carbonyl (C=O) groups excluding carboxylic acids is 1. The Morgan fingerprint density at radius 1 is 1.06 bits per heavy atom. The second-order valence-electron chi connectivity index (χ2n) is 8.03. The fourth-order valence-corrected chi connectivity index (χ4v) is 3.65. The number of hydrogen-bond donors (Lipinski definition) is 6. The Kier molecular flexibility index (Phi) is 24.5. The molecule has 1 amide bonds. The first kappa shape index (κ1) is 38.1. The first-order chi connectivity index (χ1) is 14.8. The van der Waals surface area contributed by atoms with Crippen LogP contribution in [0.4, 0.5) is 0 Å². The SMILES string of the molecule is CSCC[C@H](NC(=O)[C@H](Cc1ccccc1)NC[C@@H](NC[C@@H](N)CS)C(C)C)C(=O)O.Cl.Cl.Cl. The summed E-state index contributed by atoms with van der Waals surface area (Å²) in [4.78, 5) is 24.6. The lowest BCUT2D eigenvalue weighted by Gasteiger charge is -2.28. The third-order valence-corrected chi connectivity index (χ3v) is 6.20. The second-order valence-corrected chi connectivity index (χ2v) is 9.38. The van der Waals surface area contributed by atoms with Gasteiger partial charge in [-0.25, -0.2) is 4.79 Å². The minimum Gasteiger partial charge on any atom is -0.480 e. The van der Waals surface area contributed by atoms with Crippen LogP contribution in [0.2, 0.25) is 0 Å². The van der Waals surface area contributed by atoms with Crippen molar-refractivity contribution in [2.45, 2.75) is 50.9 Å². The number of carbonyl (C=O) groups is 2. The molecule has 1 rings (SSSR count). The van der Waals surface area contributed by atoms with Crippen molar-refractivity contribution in [3.63, 3.8) is 0 Å². The molecule has 0 aliphatic heterocycles. The van der Waals surface area contributed by atoms with Gasteiger partial charge in [0.25, 0.3) is 0 Å². The van der Waals surface area contributed by atoms with Gasteiger partial charge in [0, 0.05) is 30.9 Å². The van der Waals surface area contributed by atoms with E-state index in [1.807, 2.05) is 36.6 Å². The number of hydrogen-bond acceptors (Lipinski definition) is 7. The van der Waals surface area contributed by atoms with E-state index in [0.29, 0.717) is 43.4 Å². The van der Waals surface area contributed by atoms with Crippen molar-refractivity contribution in [1.29, 1.82) is 0 Å². The molecule has 0 aliphatic carbocycles. The molecule has 12 heteroatoms. The Hall–Kier alpha value is -0.390. The summed E-state index contributed by atoms with van der Waals surface area (Å²) in [7, 11) is 0. The van der Waals surface area contributed by atoms with Crippen LogP contribution in [0.5, 0.6) is 0 Å². The molecule has 0 aliphatic rings. The van der Waals surface area contributed by atoms with Gasteiger partial charge >= 0.3 is 5.97 Å². The van der Waals surface area contributed by atoms with Gasteiger partial charge in [-0.3, -0.25) is 4.79 Å². The summed E-state index contributed by atoms with van der Waals surface area (Å²) >= 11 is 5.78. The fourth-order valence-electron chi connectivity index (χ4n) is 3.05. The molecule has 0 spiro atoms. The maximum absolute atomic E-state index is 13.0. The van der Waals surface area contributed by atoms with Gasteiger partial charge in [-0.05, 0) is 36.3 Å². The molecule has 0 heterocycles. The number of halogens is 3. The number of thiol groups is 1. The van der Waals surface area contributed by atoms with Crippen molar-refractivity contribution < 1.29 is 14.7 Å². The van der Waals surface area contributed by atoms with Crippen LogP contribution in [0.3, 0.4) is 0 Å². The standard InChI is InChI=1S/C22H38N4O3S2.3ClH/c1-15(2)20(24-12-17(23)14-30)13-25-19(11-16-7-5-4-6-8-16)21(27)26-18(22(28)29)9-10-31-3;;;/h4-8,15,17-20,24-25,30H,9-14,23H2,1-3H3,(H,26,27)(H,28,29);3*1H/t17-,18+,19+,20-;;;/m1.../s1. The maximum atomic E-state index is 13.0. The third-order valence-electron chi connectivity index (χ3n) is 5.09. The van der Waals surface area contributed by atoms with Gasteiger partial charge in [-0.1, -0.05) is 44.2 Å². The Morgan fingerprint density at radius 3 is 2.18 bits per heavy atom. The molecule has 0 saturated heterocycles. The van der Waals surface area contributed by atoms with Gasteiger partial charge in [0.2, 0.25) is 5.91 Å². The normalized spacial score (nSPS) is 13.9. The number of rotatable bonds is 16. The average Bonchev–Trinajstić information content (AvgIpc) is 2.75. The molecule has 7 nitrogen and oxygen atoms in total. The maximum Gasteiger partial charge on any atom is 0.326 e. The van der Waals surface area contributed by atoms with Crippen LogP contribution in [0.1, 0.15) is 25.8 Å². The van der Waals surface area contributed by atoms with Gasteiger partial charge in [0.1, 0.15) is 6.04 Å². The molecule has 0 saturated carbocycles. The average molecular weight is 580 g/mol. The van der Waals surface area contributed by atoms with Crippen LogP contribution in [-0.4, -0.2) is 72.0 Å². The predicted octanol–water partition coefficient (Wildman–Crippen LogP) is 2.65. The Morgan fingerprint density at radius 2 is 1.68 bits per heavy atom. The van der Waals surface area contributed by atoms with Crippen LogP contribution in [0, 0.1) is 5.92 Å². The van der Waals surface area contributed by atoms with E-state index in [1.165, 1.54) is 0 Å². The Balaban J connectivity index is -0.00000320. The molecule has 0 bridgehead atoms. The molecular formula is C22H41Cl3N4O3S2.